The lowest BCUT2D eigenvalue weighted by atomic mass is 10.1. The summed E-state index contributed by atoms with van der Waals surface area (Å²) in [4.78, 5) is 25.7. The highest BCUT2D eigenvalue weighted by Crippen LogP contribution is 2.20. The summed E-state index contributed by atoms with van der Waals surface area (Å²) in [5, 5.41) is 12.0. The van der Waals surface area contributed by atoms with Crippen molar-refractivity contribution in [3.63, 3.8) is 0 Å². The maximum atomic E-state index is 12.9. The molecule has 2 amide bonds. The van der Waals surface area contributed by atoms with Crippen LogP contribution < -0.4 is 10.6 Å². The van der Waals surface area contributed by atoms with E-state index in [-0.39, 0.29) is 11.8 Å². The summed E-state index contributed by atoms with van der Waals surface area (Å²) < 4.78 is 1.80. The van der Waals surface area contributed by atoms with Gasteiger partial charge in [0.1, 0.15) is 0 Å². The van der Waals surface area contributed by atoms with Crippen molar-refractivity contribution < 1.29 is 9.59 Å². The Balaban J connectivity index is 1.47. The minimum Gasteiger partial charge on any atom is -0.322 e. The minimum absolute atomic E-state index is 0.150. The molecule has 0 aliphatic rings. The maximum absolute atomic E-state index is 12.9. The molecule has 4 rings (SSSR count). The summed E-state index contributed by atoms with van der Waals surface area (Å²) >= 11 is 1.39. The molecule has 2 heterocycles. The van der Waals surface area contributed by atoms with Gasteiger partial charge in [-0.3, -0.25) is 9.59 Å². The third kappa shape index (κ3) is 4.57. The van der Waals surface area contributed by atoms with E-state index in [2.05, 4.69) is 15.7 Å². The number of carbonyl (C=O) groups is 2. The van der Waals surface area contributed by atoms with Crippen molar-refractivity contribution in [1.29, 1.82) is 0 Å². The number of thiophene rings is 1. The molecular weight excluding hydrogens is 408 g/mol. The molecule has 0 unspecified atom stereocenters. The third-order valence-corrected chi connectivity index (χ3v) is 5.74. The topological polar surface area (TPSA) is 76.0 Å². The number of aryl methyl sites for hydroxylation is 1. The molecule has 0 saturated carbocycles. The first-order chi connectivity index (χ1) is 15.0. The molecule has 0 aliphatic carbocycles. The molecule has 4 aromatic rings. The average Bonchev–Trinajstić information content (AvgIpc) is 3.46. The van der Waals surface area contributed by atoms with Crippen LogP contribution in [-0.2, 0) is 6.42 Å². The molecule has 2 aromatic heterocycles. The van der Waals surface area contributed by atoms with Gasteiger partial charge in [-0.1, -0.05) is 30.7 Å². The molecule has 156 valence electrons. The van der Waals surface area contributed by atoms with Crippen LogP contribution in [-0.4, -0.2) is 21.6 Å². The lowest BCUT2D eigenvalue weighted by Gasteiger charge is -2.10. The van der Waals surface area contributed by atoms with E-state index < -0.39 is 0 Å². The first kappa shape index (κ1) is 20.6. The van der Waals surface area contributed by atoms with Gasteiger partial charge in [-0.15, -0.1) is 11.3 Å². The van der Waals surface area contributed by atoms with Crippen LogP contribution in [0.25, 0.3) is 5.69 Å². The number of rotatable bonds is 6. The van der Waals surface area contributed by atoms with Crippen molar-refractivity contribution in [1.82, 2.24) is 9.78 Å². The van der Waals surface area contributed by atoms with E-state index in [1.165, 1.54) is 16.9 Å². The highest BCUT2D eigenvalue weighted by Gasteiger charge is 2.17. The minimum atomic E-state index is -0.217. The molecular formula is C24H22N4O2S. The van der Waals surface area contributed by atoms with Crippen molar-refractivity contribution in [3.05, 3.63) is 93.9 Å². The van der Waals surface area contributed by atoms with E-state index >= 15 is 0 Å². The molecule has 2 aromatic carbocycles. The Morgan fingerprint density at radius 2 is 1.58 bits per heavy atom. The number of nitrogens with zero attached hydrogens (tertiary/aromatic N) is 2. The van der Waals surface area contributed by atoms with Gasteiger partial charge in [-0.05, 0) is 61.2 Å². The van der Waals surface area contributed by atoms with Crippen LogP contribution in [0.3, 0.4) is 0 Å². The van der Waals surface area contributed by atoms with Crippen LogP contribution in [0.1, 0.15) is 38.2 Å². The molecule has 0 atom stereocenters. The molecule has 0 saturated heterocycles. The van der Waals surface area contributed by atoms with Gasteiger partial charge in [0.15, 0.2) is 0 Å². The number of amides is 2. The number of carbonyl (C=O) groups excluding carboxylic acids is 2. The van der Waals surface area contributed by atoms with E-state index in [0.717, 1.165) is 11.4 Å². The van der Waals surface area contributed by atoms with Crippen LogP contribution in [0.2, 0.25) is 0 Å². The Kier molecular flexibility index (Phi) is 5.95. The lowest BCUT2D eigenvalue weighted by Crippen LogP contribution is -2.14. The van der Waals surface area contributed by atoms with Gasteiger partial charge >= 0.3 is 0 Å². The Labute approximate surface area is 184 Å². The second-order valence-electron chi connectivity index (χ2n) is 7.07. The summed E-state index contributed by atoms with van der Waals surface area (Å²) in [6.07, 6.45) is 2.27. The van der Waals surface area contributed by atoms with Crippen molar-refractivity contribution in [2.75, 3.05) is 10.6 Å². The lowest BCUT2D eigenvalue weighted by molar-refractivity contribution is 0.101. The molecule has 6 nitrogen and oxygen atoms in total. The first-order valence-corrected chi connectivity index (χ1v) is 10.8. The predicted molar refractivity (Wildman–Crippen MR) is 124 cm³/mol. The summed E-state index contributed by atoms with van der Waals surface area (Å²) in [5.41, 5.74) is 4.79. The van der Waals surface area contributed by atoms with Crippen LogP contribution in [0.5, 0.6) is 0 Å². The van der Waals surface area contributed by atoms with Gasteiger partial charge in [0, 0.05) is 11.4 Å². The summed E-state index contributed by atoms with van der Waals surface area (Å²) in [6.45, 7) is 4.04. The third-order valence-electron chi connectivity index (χ3n) is 4.87. The van der Waals surface area contributed by atoms with Gasteiger partial charge in [0.2, 0.25) is 0 Å². The highest BCUT2D eigenvalue weighted by atomic mass is 32.1. The normalized spacial score (nSPS) is 10.6. The Morgan fingerprint density at radius 3 is 2.16 bits per heavy atom. The number of hydrogen-bond acceptors (Lipinski definition) is 4. The molecule has 0 spiro atoms. The van der Waals surface area contributed by atoms with E-state index in [1.807, 2.05) is 49.6 Å². The second-order valence-corrected chi connectivity index (χ2v) is 8.02. The smallest absolute Gasteiger partial charge is 0.265 e. The van der Waals surface area contributed by atoms with E-state index in [4.69, 9.17) is 0 Å². The van der Waals surface area contributed by atoms with Gasteiger partial charge in [-0.2, -0.15) is 5.10 Å². The van der Waals surface area contributed by atoms with Crippen molar-refractivity contribution in [3.8, 4) is 5.69 Å². The highest BCUT2D eigenvalue weighted by molar-refractivity contribution is 7.12. The van der Waals surface area contributed by atoms with Gasteiger partial charge in [0.25, 0.3) is 11.8 Å². The summed E-state index contributed by atoms with van der Waals surface area (Å²) in [6, 6.07) is 18.7. The maximum Gasteiger partial charge on any atom is 0.265 e. The molecule has 31 heavy (non-hydrogen) atoms. The second kappa shape index (κ2) is 8.97. The molecule has 0 radical (unpaired) electrons. The van der Waals surface area contributed by atoms with Crippen LogP contribution >= 0.6 is 11.3 Å². The molecule has 2 N–H and O–H groups in total. The van der Waals surface area contributed by atoms with Crippen LogP contribution in [0, 0.1) is 6.92 Å². The standard InChI is InChI=1S/C24H22N4O2S/c1-3-21-20(15-25-28(21)19-12-6-16(2)7-13-19)23(29)26-17-8-10-18(11-9-17)27-24(30)22-5-4-14-31-22/h4-15H,3H2,1-2H3,(H,26,29)(H,27,30). The Hall–Kier alpha value is -3.71. The van der Waals surface area contributed by atoms with E-state index in [9.17, 15) is 9.59 Å². The summed E-state index contributed by atoms with van der Waals surface area (Å²) in [7, 11) is 0. The van der Waals surface area contributed by atoms with E-state index in [1.54, 1.807) is 41.2 Å². The zero-order valence-electron chi connectivity index (χ0n) is 17.3. The summed E-state index contributed by atoms with van der Waals surface area (Å²) in [5.74, 6) is -0.367. The average molecular weight is 431 g/mol. The van der Waals surface area contributed by atoms with Crippen molar-refractivity contribution >= 4 is 34.5 Å². The fourth-order valence-corrected chi connectivity index (χ4v) is 3.87. The SMILES string of the molecule is CCc1c(C(=O)Nc2ccc(NC(=O)c3cccs3)cc2)cnn1-c1ccc(C)cc1. The fourth-order valence-electron chi connectivity index (χ4n) is 3.25. The quantitative estimate of drug-likeness (QED) is 0.435. The van der Waals surface area contributed by atoms with Gasteiger partial charge in [-0.25, -0.2) is 4.68 Å². The van der Waals surface area contributed by atoms with Gasteiger partial charge < -0.3 is 10.6 Å². The predicted octanol–water partition coefficient (Wildman–Crippen LogP) is 5.31. The number of aromatic nitrogens is 2. The Morgan fingerprint density at radius 1 is 0.935 bits per heavy atom. The van der Waals surface area contributed by atoms with E-state index in [0.29, 0.717) is 28.2 Å². The monoisotopic (exact) mass is 430 g/mol. The molecule has 0 bridgehead atoms. The fraction of sp³-hybridized carbons (Fsp3) is 0.125. The molecule has 0 aliphatic heterocycles. The number of benzene rings is 2. The largest absolute Gasteiger partial charge is 0.322 e. The zero-order chi connectivity index (χ0) is 21.8. The number of hydrogen-bond donors (Lipinski definition) is 2. The molecule has 7 heteroatoms. The first-order valence-electron chi connectivity index (χ1n) is 9.95. The Bertz CT molecular complexity index is 1190. The van der Waals surface area contributed by atoms with Crippen LogP contribution in [0.4, 0.5) is 11.4 Å². The van der Waals surface area contributed by atoms with Crippen LogP contribution in [0.15, 0.2) is 72.2 Å². The number of anilines is 2. The zero-order valence-corrected chi connectivity index (χ0v) is 18.1. The number of nitrogens with one attached hydrogen (secondary N) is 2. The van der Waals surface area contributed by atoms with Gasteiger partial charge in [0.05, 0.1) is 28.0 Å². The molecule has 0 fully saturated rings. The van der Waals surface area contributed by atoms with Crippen molar-refractivity contribution in [2.45, 2.75) is 20.3 Å². The van der Waals surface area contributed by atoms with Crippen molar-refractivity contribution in [2.24, 2.45) is 0 Å².